The van der Waals surface area contributed by atoms with Crippen molar-refractivity contribution in [3.8, 4) is 0 Å². The molecule has 0 bridgehead atoms. The fraction of sp³-hybridized carbons (Fsp3) is 0.792. The quantitative estimate of drug-likeness (QED) is 0.319. The molecule has 160 valence electrons. The summed E-state index contributed by atoms with van der Waals surface area (Å²) in [4.78, 5) is 10.6. The zero-order chi connectivity index (χ0) is 20.5. The highest BCUT2D eigenvalue weighted by Gasteiger charge is 2.45. The molecule has 2 rings (SSSR count). The number of unbranched alkanes of at least 4 members (excludes halogenated alkanes) is 3. The summed E-state index contributed by atoms with van der Waals surface area (Å²) in [6, 6.07) is 0. The van der Waals surface area contributed by atoms with Gasteiger partial charge in [0.2, 0.25) is 0 Å². The van der Waals surface area contributed by atoms with Gasteiger partial charge in [-0.3, -0.25) is 4.79 Å². The van der Waals surface area contributed by atoms with Gasteiger partial charge in [-0.1, -0.05) is 63.3 Å². The van der Waals surface area contributed by atoms with Gasteiger partial charge in [0.1, 0.15) is 0 Å². The van der Waals surface area contributed by atoms with Gasteiger partial charge in [0.25, 0.3) is 0 Å². The fourth-order valence-corrected chi connectivity index (χ4v) is 5.17. The van der Waals surface area contributed by atoms with Gasteiger partial charge < -0.3 is 15.3 Å². The third-order valence-corrected chi connectivity index (χ3v) is 6.85. The molecule has 0 aromatic carbocycles. The molecule has 0 radical (unpaired) electrons. The third-order valence-electron chi connectivity index (χ3n) is 6.85. The molecular formula is C24H40O4. The Hall–Kier alpha value is -1.13. The van der Waals surface area contributed by atoms with Crippen LogP contribution in [0.3, 0.4) is 0 Å². The number of rotatable bonds is 12. The predicted molar refractivity (Wildman–Crippen MR) is 113 cm³/mol. The number of aliphatic hydroxyl groups is 2. The maximum absolute atomic E-state index is 10.6. The molecule has 3 N–H and O–H groups in total. The van der Waals surface area contributed by atoms with E-state index in [0.717, 1.165) is 38.5 Å². The lowest BCUT2D eigenvalue weighted by Gasteiger charge is -2.21. The first-order valence-corrected chi connectivity index (χ1v) is 11.4. The van der Waals surface area contributed by atoms with Crippen LogP contribution in [0.5, 0.6) is 0 Å². The molecule has 4 nitrogen and oxygen atoms in total. The summed E-state index contributed by atoms with van der Waals surface area (Å²) in [5.74, 6) is 0.708. The van der Waals surface area contributed by atoms with E-state index in [1.165, 1.54) is 24.8 Å². The molecular weight excluding hydrogens is 352 g/mol. The standard InChI is InChI=1S/C24H40O4/c1-3-5-6-10-18(4-2)22(25)13-12-20-21-15-17(9-7-8-11-24(27)28)14-19(21)16-23(20)26/h9,12-13,18-23,25-26H,3-8,10-11,14-16H2,1-2H3,(H,27,28)/b13-12+,17-9+/t18?,19-,20-,21+,22+,23-/m1/s1. The lowest BCUT2D eigenvalue weighted by molar-refractivity contribution is -0.137. The van der Waals surface area contributed by atoms with Gasteiger partial charge in [-0.2, -0.15) is 0 Å². The maximum Gasteiger partial charge on any atom is 0.303 e. The fourth-order valence-electron chi connectivity index (χ4n) is 5.17. The smallest absolute Gasteiger partial charge is 0.303 e. The van der Waals surface area contributed by atoms with Crippen LogP contribution in [-0.4, -0.2) is 33.5 Å². The molecule has 0 aromatic heterocycles. The van der Waals surface area contributed by atoms with Crippen LogP contribution < -0.4 is 0 Å². The van der Waals surface area contributed by atoms with Crippen LogP contribution in [-0.2, 0) is 4.79 Å². The van der Waals surface area contributed by atoms with Gasteiger partial charge in [-0.05, 0) is 56.3 Å². The van der Waals surface area contributed by atoms with Crippen molar-refractivity contribution in [1.29, 1.82) is 0 Å². The van der Waals surface area contributed by atoms with Crippen molar-refractivity contribution >= 4 is 5.97 Å². The second-order valence-corrected chi connectivity index (χ2v) is 8.90. The van der Waals surface area contributed by atoms with Crippen molar-refractivity contribution in [1.82, 2.24) is 0 Å². The highest BCUT2D eigenvalue weighted by Crippen LogP contribution is 2.50. The molecule has 2 aliphatic rings. The molecule has 2 fully saturated rings. The van der Waals surface area contributed by atoms with Crippen LogP contribution in [0.15, 0.2) is 23.8 Å². The number of fused-ring (bicyclic) bond motifs is 1. The number of carbonyl (C=O) groups is 1. The second kappa shape index (κ2) is 11.8. The van der Waals surface area contributed by atoms with Gasteiger partial charge in [0, 0.05) is 12.3 Å². The summed E-state index contributed by atoms with van der Waals surface area (Å²) < 4.78 is 0. The number of allylic oxidation sites excluding steroid dienone is 2. The SMILES string of the molecule is CCCCCC(CC)[C@@H](O)/C=C/[C@@H]1[C@H]2C/C(=C/CCCC(=O)O)C[C@@H]2C[C@H]1O. The second-order valence-electron chi connectivity index (χ2n) is 8.90. The zero-order valence-electron chi connectivity index (χ0n) is 17.7. The van der Waals surface area contributed by atoms with Gasteiger partial charge in [-0.15, -0.1) is 0 Å². The molecule has 2 saturated carbocycles. The van der Waals surface area contributed by atoms with E-state index in [1.807, 2.05) is 6.08 Å². The lowest BCUT2D eigenvalue weighted by atomic mass is 9.88. The van der Waals surface area contributed by atoms with Crippen molar-refractivity contribution < 1.29 is 20.1 Å². The molecule has 0 aliphatic heterocycles. The lowest BCUT2D eigenvalue weighted by Crippen LogP contribution is -2.20. The average molecular weight is 393 g/mol. The largest absolute Gasteiger partial charge is 0.481 e. The monoisotopic (exact) mass is 392 g/mol. The van der Waals surface area contributed by atoms with Crippen molar-refractivity contribution in [2.45, 2.75) is 96.7 Å². The van der Waals surface area contributed by atoms with E-state index in [4.69, 9.17) is 5.11 Å². The van der Waals surface area contributed by atoms with E-state index in [9.17, 15) is 15.0 Å². The molecule has 28 heavy (non-hydrogen) atoms. The van der Waals surface area contributed by atoms with E-state index < -0.39 is 12.1 Å². The van der Waals surface area contributed by atoms with Crippen LogP contribution in [0.1, 0.15) is 84.5 Å². The van der Waals surface area contributed by atoms with Gasteiger partial charge in [-0.25, -0.2) is 0 Å². The molecule has 6 atom stereocenters. The molecule has 4 heteroatoms. The molecule has 0 heterocycles. The van der Waals surface area contributed by atoms with Crippen LogP contribution in [0.2, 0.25) is 0 Å². The van der Waals surface area contributed by atoms with Crippen LogP contribution in [0.4, 0.5) is 0 Å². The minimum absolute atomic E-state index is 0.137. The van der Waals surface area contributed by atoms with Crippen molar-refractivity contribution in [2.24, 2.45) is 23.7 Å². The normalized spacial score (nSPS) is 30.8. The summed E-state index contributed by atoms with van der Waals surface area (Å²) in [7, 11) is 0. The minimum Gasteiger partial charge on any atom is -0.481 e. The molecule has 2 aliphatic carbocycles. The Bertz CT molecular complexity index is 539. The average Bonchev–Trinajstić information content (AvgIpc) is 3.17. The maximum atomic E-state index is 10.6. The first kappa shape index (κ1) is 23.2. The van der Waals surface area contributed by atoms with Crippen molar-refractivity contribution in [3.05, 3.63) is 23.8 Å². The van der Waals surface area contributed by atoms with E-state index in [2.05, 4.69) is 26.0 Å². The Morgan fingerprint density at radius 2 is 2.00 bits per heavy atom. The number of aliphatic carboxylic acids is 1. The van der Waals surface area contributed by atoms with Gasteiger partial charge in [0.15, 0.2) is 0 Å². The van der Waals surface area contributed by atoms with Crippen LogP contribution in [0.25, 0.3) is 0 Å². The summed E-state index contributed by atoms with van der Waals surface area (Å²) in [6.45, 7) is 4.35. The van der Waals surface area contributed by atoms with Gasteiger partial charge >= 0.3 is 5.97 Å². The Kier molecular flexibility index (Phi) is 9.73. The summed E-state index contributed by atoms with van der Waals surface area (Å²) in [5.41, 5.74) is 1.43. The summed E-state index contributed by atoms with van der Waals surface area (Å²) in [5, 5.41) is 29.9. The topological polar surface area (TPSA) is 77.8 Å². The van der Waals surface area contributed by atoms with Gasteiger partial charge in [0.05, 0.1) is 12.2 Å². The Labute approximate surface area is 170 Å². The number of hydrogen-bond donors (Lipinski definition) is 3. The third kappa shape index (κ3) is 6.73. The van der Waals surface area contributed by atoms with Crippen LogP contribution >= 0.6 is 0 Å². The summed E-state index contributed by atoms with van der Waals surface area (Å²) in [6.07, 6.45) is 15.9. The first-order valence-electron chi connectivity index (χ1n) is 11.4. The molecule has 0 aromatic rings. The predicted octanol–water partition coefficient (Wildman–Crippen LogP) is 5.10. The van der Waals surface area contributed by atoms with Crippen LogP contribution in [0, 0.1) is 23.7 Å². The number of carboxylic acid groups (broad SMARTS) is 1. The highest BCUT2D eigenvalue weighted by molar-refractivity contribution is 5.66. The Morgan fingerprint density at radius 1 is 1.21 bits per heavy atom. The first-order chi connectivity index (χ1) is 13.5. The van der Waals surface area contributed by atoms with E-state index in [-0.39, 0.29) is 18.4 Å². The van der Waals surface area contributed by atoms with E-state index in [1.54, 1.807) is 0 Å². The Morgan fingerprint density at radius 3 is 2.68 bits per heavy atom. The van der Waals surface area contributed by atoms with Crippen molar-refractivity contribution in [3.63, 3.8) is 0 Å². The Balaban J connectivity index is 1.88. The molecule has 1 unspecified atom stereocenters. The number of aliphatic hydroxyl groups excluding tert-OH is 2. The zero-order valence-corrected chi connectivity index (χ0v) is 17.7. The van der Waals surface area contributed by atoms with Crippen molar-refractivity contribution in [2.75, 3.05) is 0 Å². The molecule has 0 saturated heterocycles. The van der Waals surface area contributed by atoms with E-state index in [0.29, 0.717) is 24.2 Å². The van der Waals surface area contributed by atoms with E-state index >= 15 is 0 Å². The molecule has 0 spiro atoms. The summed E-state index contributed by atoms with van der Waals surface area (Å²) >= 11 is 0. The highest BCUT2D eigenvalue weighted by atomic mass is 16.4. The number of hydrogen-bond acceptors (Lipinski definition) is 3. The minimum atomic E-state index is -0.728. The number of carboxylic acids is 1. The molecule has 0 amide bonds.